The SMILES string of the molecule is COc1nc(N)nc(NCC2CCCC2O)n1. The molecule has 17 heavy (non-hydrogen) atoms. The molecule has 2 rings (SSSR count). The molecule has 1 aliphatic rings. The zero-order valence-corrected chi connectivity index (χ0v) is 9.76. The highest BCUT2D eigenvalue weighted by Gasteiger charge is 2.25. The number of nitrogens with zero attached hydrogens (tertiary/aromatic N) is 3. The van der Waals surface area contributed by atoms with Gasteiger partial charge < -0.3 is 20.9 Å². The topological polar surface area (TPSA) is 106 Å². The summed E-state index contributed by atoms with van der Waals surface area (Å²) in [6, 6.07) is 0.187. The summed E-state index contributed by atoms with van der Waals surface area (Å²) in [4.78, 5) is 11.8. The molecule has 0 spiro atoms. The number of anilines is 2. The lowest BCUT2D eigenvalue weighted by Crippen LogP contribution is -2.23. The minimum Gasteiger partial charge on any atom is -0.467 e. The van der Waals surface area contributed by atoms with E-state index in [0.717, 1.165) is 19.3 Å². The Bertz CT molecular complexity index is 387. The van der Waals surface area contributed by atoms with Gasteiger partial charge in [0, 0.05) is 12.5 Å². The fraction of sp³-hybridized carbons (Fsp3) is 0.700. The zero-order chi connectivity index (χ0) is 12.3. The number of ether oxygens (including phenoxy) is 1. The highest BCUT2D eigenvalue weighted by atomic mass is 16.5. The molecule has 2 atom stereocenters. The maximum absolute atomic E-state index is 9.68. The van der Waals surface area contributed by atoms with Crippen LogP contribution in [-0.2, 0) is 0 Å². The van der Waals surface area contributed by atoms with Crippen LogP contribution in [0.2, 0.25) is 0 Å². The van der Waals surface area contributed by atoms with Crippen molar-refractivity contribution in [2.75, 3.05) is 24.7 Å². The van der Waals surface area contributed by atoms with Crippen molar-refractivity contribution in [3.05, 3.63) is 0 Å². The Labute approximate surface area is 99.4 Å². The first kappa shape index (κ1) is 11.8. The van der Waals surface area contributed by atoms with Crippen LogP contribution in [-0.4, -0.2) is 39.8 Å². The number of nitrogens with two attached hydrogens (primary N) is 1. The van der Waals surface area contributed by atoms with Gasteiger partial charge >= 0.3 is 6.01 Å². The summed E-state index contributed by atoms with van der Waals surface area (Å²) in [5.74, 6) is 0.749. The van der Waals surface area contributed by atoms with Gasteiger partial charge in [-0.2, -0.15) is 15.0 Å². The van der Waals surface area contributed by atoms with Crippen molar-refractivity contribution in [1.82, 2.24) is 15.0 Å². The third kappa shape index (κ3) is 2.94. The van der Waals surface area contributed by atoms with Crippen LogP contribution in [0, 0.1) is 5.92 Å². The van der Waals surface area contributed by atoms with Gasteiger partial charge in [-0.15, -0.1) is 0 Å². The molecule has 1 fully saturated rings. The van der Waals surface area contributed by atoms with Gasteiger partial charge in [-0.05, 0) is 12.8 Å². The van der Waals surface area contributed by atoms with Crippen molar-refractivity contribution >= 4 is 11.9 Å². The first-order valence-electron chi connectivity index (χ1n) is 5.66. The number of aliphatic hydroxyl groups excluding tert-OH is 1. The molecule has 0 amide bonds. The second kappa shape index (κ2) is 5.13. The Balaban J connectivity index is 1.96. The number of hydrogen-bond donors (Lipinski definition) is 3. The number of nitrogens with one attached hydrogen (secondary N) is 1. The van der Waals surface area contributed by atoms with E-state index in [2.05, 4.69) is 20.3 Å². The maximum Gasteiger partial charge on any atom is 0.322 e. The van der Waals surface area contributed by atoms with E-state index in [1.54, 1.807) is 0 Å². The Morgan fingerprint density at radius 2 is 2.24 bits per heavy atom. The average Bonchev–Trinajstić information content (AvgIpc) is 2.71. The molecule has 0 saturated heterocycles. The summed E-state index contributed by atoms with van der Waals surface area (Å²) in [6.07, 6.45) is 2.72. The van der Waals surface area contributed by atoms with Crippen molar-refractivity contribution in [3.63, 3.8) is 0 Å². The van der Waals surface area contributed by atoms with Crippen molar-refractivity contribution in [2.45, 2.75) is 25.4 Å². The molecule has 1 saturated carbocycles. The van der Waals surface area contributed by atoms with Gasteiger partial charge in [0.1, 0.15) is 0 Å². The van der Waals surface area contributed by atoms with E-state index in [4.69, 9.17) is 10.5 Å². The van der Waals surface area contributed by atoms with Gasteiger partial charge in [0.05, 0.1) is 13.2 Å². The van der Waals surface area contributed by atoms with Crippen LogP contribution >= 0.6 is 0 Å². The van der Waals surface area contributed by atoms with Gasteiger partial charge in [-0.1, -0.05) is 6.42 Å². The summed E-state index contributed by atoms with van der Waals surface area (Å²) in [6.45, 7) is 0.633. The molecule has 1 heterocycles. The Hall–Kier alpha value is -1.63. The van der Waals surface area contributed by atoms with Crippen molar-refractivity contribution < 1.29 is 9.84 Å². The second-order valence-corrected chi connectivity index (χ2v) is 4.14. The summed E-state index contributed by atoms with van der Waals surface area (Å²) >= 11 is 0. The van der Waals surface area contributed by atoms with Crippen LogP contribution in [0.1, 0.15) is 19.3 Å². The number of nitrogen functional groups attached to an aromatic ring is 1. The smallest absolute Gasteiger partial charge is 0.322 e. The van der Waals surface area contributed by atoms with E-state index in [1.165, 1.54) is 7.11 Å². The molecule has 2 unspecified atom stereocenters. The number of hydrogen-bond acceptors (Lipinski definition) is 7. The Morgan fingerprint density at radius 3 is 2.88 bits per heavy atom. The largest absolute Gasteiger partial charge is 0.467 e. The zero-order valence-electron chi connectivity index (χ0n) is 9.76. The summed E-state index contributed by atoms with van der Waals surface area (Å²) in [5, 5.41) is 12.7. The van der Waals surface area contributed by atoms with Crippen LogP contribution < -0.4 is 15.8 Å². The molecule has 94 valence electrons. The molecule has 0 bridgehead atoms. The molecule has 0 aliphatic heterocycles. The third-order valence-electron chi connectivity index (χ3n) is 2.96. The third-order valence-corrected chi connectivity index (χ3v) is 2.96. The minimum absolute atomic E-state index is 0.117. The van der Waals surface area contributed by atoms with Gasteiger partial charge in [-0.3, -0.25) is 0 Å². The summed E-state index contributed by atoms with van der Waals surface area (Å²) in [5.41, 5.74) is 5.51. The number of aliphatic hydroxyl groups is 1. The maximum atomic E-state index is 9.68. The van der Waals surface area contributed by atoms with Crippen LogP contribution in [0.3, 0.4) is 0 Å². The minimum atomic E-state index is -0.233. The second-order valence-electron chi connectivity index (χ2n) is 4.14. The van der Waals surface area contributed by atoms with Crippen molar-refractivity contribution in [2.24, 2.45) is 5.92 Å². The molecule has 0 aromatic carbocycles. The molecule has 1 aromatic rings. The quantitative estimate of drug-likeness (QED) is 0.680. The highest BCUT2D eigenvalue weighted by Crippen LogP contribution is 2.25. The molecule has 1 aliphatic carbocycles. The van der Waals surface area contributed by atoms with Crippen LogP contribution in [0.4, 0.5) is 11.9 Å². The van der Waals surface area contributed by atoms with E-state index in [-0.39, 0.29) is 24.0 Å². The van der Waals surface area contributed by atoms with Crippen LogP contribution in [0.15, 0.2) is 0 Å². The lowest BCUT2D eigenvalue weighted by Gasteiger charge is -2.15. The highest BCUT2D eigenvalue weighted by molar-refractivity contribution is 5.32. The van der Waals surface area contributed by atoms with E-state index in [0.29, 0.717) is 12.5 Å². The molecule has 7 nitrogen and oxygen atoms in total. The average molecular weight is 239 g/mol. The fourth-order valence-electron chi connectivity index (χ4n) is 2.02. The Morgan fingerprint density at radius 1 is 1.41 bits per heavy atom. The molecule has 4 N–H and O–H groups in total. The first-order valence-corrected chi connectivity index (χ1v) is 5.66. The molecular weight excluding hydrogens is 222 g/mol. The lowest BCUT2D eigenvalue weighted by atomic mass is 10.1. The number of rotatable bonds is 4. The van der Waals surface area contributed by atoms with E-state index < -0.39 is 0 Å². The van der Waals surface area contributed by atoms with E-state index >= 15 is 0 Å². The predicted molar refractivity (Wildman–Crippen MR) is 62.6 cm³/mol. The monoisotopic (exact) mass is 239 g/mol. The first-order chi connectivity index (χ1) is 8.19. The van der Waals surface area contributed by atoms with Gasteiger partial charge in [-0.25, -0.2) is 0 Å². The number of methoxy groups -OCH3 is 1. The van der Waals surface area contributed by atoms with E-state index in [1.807, 2.05) is 0 Å². The van der Waals surface area contributed by atoms with Crippen molar-refractivity contribution in [3.8, 4) is 6.01 Å². The van der Waals surface area contributed by atoms with Gasteiger partial charge in [0.2, 0.25) is 11.9 Å². The normalized spacial score (nSPS) is 23.6. The van der Waals surface area contributed by atoms with E-state index in [9.17, 15) is 5.11 Å². The van der Waals surface area contributed by atoms with Gasteiger partial charge in [0.25, 0.3) is 0 Å². The standard InChI is InChI=1S/C10H17N5O2/c1-17-10-14-8(11)13-9(15-10)12-5-6-3-2-4-7(6)16/h6-7,16H,2-5H2,1H3,(H3,11,12,13,14,15). The Kier molecular flexibility index (Phi) is 3.58. The fourth-order valence-corrected chi connectivity index (χ4v) is 2.02. The van der Waals surface area contributed by atoms with Crippen molar-refractivity contribution in [1.29, 1.82) is 0 Å². The molecule has 7 heteroatoms. The van der Waals surface area contributed by atoms with Crippen LogP contribution in [0.5, 0.6) is 6.01 Å². The summed E-state index contributed by atoms with van der Waals surface area (Å²) in [7, 11) is 1.47. The predicted octanol–water partition coefficient (Wildman–Crippen LogP) is 0.0353. The number of aromatic nitrogens is 3. The van der Waals surface area contributed by atoms with Crippen LogP contribution in [0.25, 0.3) is 0 Å². The molecule has 1 aromatic heterocycles. The molecule has 0 radical (unpaired) electrons. The van der Waals surface area contributed by atoms with Gasteiger partial charge in [0.15, 0.2) is 0 Å². The lowest BCUT2D eigenvalue weighted by molar-refractivity contribution is 0.138. The molecular formula is C10H17N5O2. The summed E-state index contributed by atoms with van der Waals surface area (Å²) < 4.78 is 4.90.